The van der Waals surface area contributed by atoms with Crippen LogP contribution in [0.25, 0.3) is 0 Å². The van der Waals surface area contributed by atoms with Gasteiger partial charge >= 0.3 is 0 Å². The minimum atomic E-state index is -3.90. The number of nitrogens with zero attached hydrogens (tertiary/aromatic N) is 1. The topological polar surface area (TPSA) is 120 Å². The first-order valence-corrected chi connectivity index (χ1v) is 12.6. The van der Waals surface area contributed by atoms with E-state index in [9.17, 15) is 16.8 Å². The Morgan fingerprint density at radius 3 is 2.48 bits per heavy atom. The van der Waals surface area contributed by atoms with Gasteiger partial charge < -0.3 is 14.2 Å². The van der Waals surface area contributed by atoms with Crippen LogP contribution in [0.4, 0.5) is 0 Å². The fourth-order valence-corrected chi connectivity index (χ4v) is 5.15. The average molecular weight is 467 g/mol. The quantitative estimate of drug-likeness (QED) is 0.592. The standard InChI is InChI=1S/C20H22N2O7S2/c23-30(24,21-10-9-16-2-1-11-27-16)17-4-6-18(7-5-17)31(25,26)22-13-15-3-8-19-20(12-15)29-14-28-19/h3-8,10,12,16,22H,1-2,9,11,13-14H2/b21-10+. The number of ether oxygens (including phenoxy) is 3. The number of nitrogens with one attached hydrogen (secondary N) is 1. The van der Waals surface area contributed by atoms with E-state index in [2.05, 4.69) is 9.12 Å². The van der Waals surface area contributed by atoms with Crippen LogP contribution in [-0.4, -0.2) is 42.6 Å². The van der Waals surface area contributed by atoms with Crippen LogP contribution in [0.1, 0.15) is 24.8 Å². The zero-order valence-electron chi connectivity index (χ0n) is 16.6. The SMILES string of the molecule is O=S(=O)(/N=C/CC1CCCO1)c1ccc(S(=O)(=O)NCc2ccc3c(c2)OCO3)cc1. The van der Waals surface area contributed by atoms with Crippen LogP contribution in [0, 0.1) is 0 Å². The van der Waals surface area contributed by atoms with E-state index in [0.29, 0.717) is 30.1 Å². The summed E-state index contributed by atoms with van der Waals surface area (Å²) in [6, 6.07) is 10.1. The summed E-state index contributed by atoms with van der Waals surface area (Å²) in [5.74, 6) is 1.17. The molecule has 1 fully saturated rings. The second kappa shape index (κ2) is 8.95. The third-order valence-electron chi connectivity index (χ3n) is 4.94. The molecule has 2 heterocycles. The summed E-state index contributed by atoms with van der Waals surface area (Å²) in [5, 5.41) is 0. The van der Waals surface area contributed by atoms with E-state index in [0.717, 1.165) is 12.8 Å². The molecule has 2 aromatic rings. The van der Waals surface area contributed by atoms with Gasteiger partial charge in [-0.3, -0.25) is 0 Å². The van der Waals surface area contributed by atoms with Crippen LogP contribution in [0.15, 0.2) is 56.7 Å². The van der Waals surface area contributed by atoms with Crippen molar-refractivity contribution in [1.29, 1.82) is 0 Å². The van der Waals surface area contributed by atoms with Crippen molar-refractivity contribution in [3.8, 4) is 11.5 Å². The highest BCUT2D eigenvalue weighted by atomic mass is 32.2. The predicted octanol–water partition coefficient (Wildman–Crippen LogP) is 2.22. The summed E-state index contributed by atoms with van der Waals surface area (Å²) < 4.78 is 71.9. The molecule has 0 bridgehead atoms. The molecule has 0 spiro atoms. The van der Waals surface area contributed by atoms with E-state index in [4.69, 9.17) is 14.2 Å². The molecule has 0 amide bonds. The summed E-state index contributed by atoms with van der Waals surface area (Å²) in [4.78, 5) is -0.124. The fraction of sp³-hybridized carbons (Fsp3) is 0.350. The maximum Gasteiger partial charge on any atom is 0.281 e. The normalized spacial score (nSPS) is 18.6. The third kappa shape index (κ3) is 5.24. The van der Waals surface area contributed by atoms with E-state index in [1.807, 2.05) is 0 Å². The molecular weight excluding hydrogens is 444 g/mol. The molecule has 0 aromatic heterocycles. The van der Waals surface area contributed by atoms with Crippen molar-refractivity contribution in [1.82, 2.24) is 4.72 Å². The lowest BCUT2D eigenvalue weighted by atomic mass is 10.2. The Labute approximate surface area is 181 Å². The van der Waals surface area contributed by atoms with Gasteiger partial charge in [0, 0.05) is 25.8 Å². The number of rotatable bonds is 8. The number of hydrogen-bond donors (Lipinski definition) is 1. The number of sulfonamides is 2. The van der Waals surface area contributed by atoms with Gasteiger partial charge in [0.05, 0.1) is 15.9 Å². The summed E-state index contributed by atoms with van der Waals surface area (Å²) in [7, 11) is -7.74. The molecule has 2 aliphatic rings. The van der Waals surface area contributed by atoms with Crippen molar-refractivity contribution in [2.24, 2.45) is 4.40 Å². The molecule has 0 radical (unpaired) electrons. The van der Waals surface area contributed by atoms with E-state index in [1.165, 1.54) is 30.5 Å². The van der Waals surface area contributed by atoms with Gasteiger partial charge in [0.25, 0.3) is 10.0 Å². The van der Waals surface area contributed by atoms with Gasteiger partial charge in [0.1, 0.15) is 0 Å². The smallest absolute Gasteiger partial charge is 0.281 e. The molecule has 11 heteroatoms. The highest BCUT2D eigenvalue weighted by molar-refractivity contribution is 7.90. The summed E-state index contributed by atoms with van der Waals surface area (Å²) in [6.45, 7) is 0.870. The Hall–Kier alpha value is -2.47. The maximum absolute atomic E-state index is 12.6. The summed E-state index contributed by atoms with van der Waals surface area (Å²) in [5.41, 5.74) is 0.701. The van der Waals surface area contributed by atoms with Crippen LogP contribution in [0.3, 0.4) is 0 Å². The summed E-state index contributed by atoms with van der Waals surface area (Å²) >= 11 is 0. The number of benzene rings is 2. The Morgan fingerprint density at radius 1 is 1.00 bits per heavy atom. The van der Waals surface area contributed by atoms with Crippen LogP contribution in [-0.2, 0) is 31.3 Å². The van der Waals surface area contributed by atoms with E-state index in [1.54, 1.807) is 18.2 Å². The van der Waals surface area contributed by atoms with E-state index < -0.39 is 20.0 Å². The first-order chi connectivity index (χ1) is 14.8. The van der Waals surface area contributed by atoms with E-state index >= 15 is 0 Å². The van der Waals surface area contributed by atoms with Crippen molar-refractivity contribution >= 4 is 26.3 Å². The van der Waals surface area contributed by atoms with Crippen LogP contribution >= 0.6 is 0 Å². The second-order valence-corrected chi connectivity index (χ2v) is 10.5. The molecule has 0 aliphatic carbocycles. The van der Waals surface area contributed by atoms with Crippen molar-refractivity contribution in [2.75, 3.05) is 13.4 Å². The van der Waals surface area contributed by atoms with Gasteiger partial charge in [-0.1, -0.05) is 6.07 Å². The van der Waals surface area contributed by atoms with Gasteiger partial charge in [0.2, 0.25) is 16.8 Å². The van der Waals surface area contributed by atoms with Crippen LogP contribution < -0.4 is 14.2 Å². The molecule has 4 rings (SSSR count). The van der Waals surface area contributed by atoms with Crippen LogP contribution in [0.2, 0.25) is 0 Å². The fourth-order valence-electron chi connectivity index (χ4n) is 3.25. The molecular formula is C20H22N2O7S2. The highest BCUT2D eigenvalue weighted by Gasteiger charge is 2.19. The van der Waals surface area contributed by atoms with Gasteiger partial charge in [-0.2, -0.15) is 12.8 Å². The lowest BCUT2D eigenvalue weighted by Crippen LogP contribution is -2.23. The second-order valence-electron chi connectivity index (χ2n) is 7.12. The zero-order chi connectivity index (χ0) is 21.9. The molecule has 2 aromatic carbocycles. The predicted molar refractivity (Wildman–Crippen MR) is 112 cm³/mol. The molecule has 1 N–H and O–H groups in total. The molecule has 9 nitrogen and oxygen atoms in total. The zero-order valence-corrected chi connectivity index (χ0v) is 18.2. The third-order valence-corrected chi connectivity index (χ3v) is 7.65. The Balaban J connectivity index is 1.39. The molecule has 0 saturated carbocycles. The molecule has 1 atom stereocenters. The molecule has 1 unspecified atom stereocenters. The largest absolute Gasteiger partial charge is 0.454 e. The Bertz CT molecular complexity index is 1170. The first-order valence-electron chi connectivity index (χ1n) is 9.72. The molecule has 2 aliphatic heterocycles. The lowest BCUT2D eigenvalue weighted by molar-refractivity contribution is 0.117. The average Bonchev–Trinajstić information content (AvgIpc) is 3.44. The van der Waals surface area contributed by atoms with Gasteiger partial charge in [-0.05, 0) is 54.8 Å². The maximum atomic E-state index is 12.6. The highest BCUT2D eigenvalue weighted by Crippen LogP contribution is 2.32. The minimum absolute atomic E-state index is 0.00213. The molecule has 31 heavy (non-hydrogen) atoms. The molecule has 1 saturated heterocycles. The number of fused-ring (bicyclic) bond motifs is 1. The Kier molecular flexibility index (Phi) is 6.28. The first kappa shape index (κ1) is 21.8. The van der Waals surface area contributed by atoms with Crippen molar-refractivity contribution in [3.63, 3.8) is 0 Å². The lowest BCUT2D eigenvalue weighted by Gasteiger charge is -2.08. The van der Waals surface area contributed by atoms with E-state index in [-0.39, 0.29) is 29.2 Å². The molecule has 166 valence electrons. The van der Waals surface area contributed by atoms with Crippen LogP contribution in [0.5, 0.6) is 11.5 Å². The summed E-state index contributed by atoms with van der Waals surface area (Å²) in [6.07, 6.45) is 3.61. The minimum Gasteiger partial charge on any atom is -0.454 e. The van der Waals surface area contributed by atoms with Crippen molar-refractivity contribution < 1.29 is 31.0 Å². The van der Waals surface area contributed by atoms with Gasteiger partial charge in [-0.15, -0.1) is 0 Å². The monoisotopic (exact) mass is 466 g/mol. The Morgan fingerprint density at radius 2 is 1.74 bits per heavy atom. The van der Waals surface area contributed by atoms with Crippen molar-refractivity contribution in [2.45, 2.75) is 41.7 Å². The van der Waals surface area contributed by atoms with Crippen molar-refractivity contribution in [3.05, 3.63) is 48.0 Å². The van der Waals surface area contributed by atoms with Gasteiger partial charge in [0.15, 0.2) is 11.5 Å². The van der Waals surface area contributed by atoms with Gasteiger partial charge in [-0.25, -0.2) is 13.1 Å². The number of hydrogen-bond acceptors (Lipinski definition) is 7.